The molecule has 1 aromatic heterocycles. The first kappa shape index (κ1) is 12.3. The van der Waals surface area contributed by atoms with Gasteiger partial charge in [-0.25, -0.2) is 4.98 Å². The van der Waals surface area contributed by atoms with E-state index < -0.39 is 0 Å². The smallest absolute Gasteiger partial charge is 0.275 e. The minimum Gasteiger partial charge on any atom is -0.321 e. The molecule has 3 nitrogen and oxygen atoms in total. The fraction of sp³-hybridized carbons (Fsp3) is 0. The summed E-state index contributed by atoms with van der Waals surface area (Å²) in [5.74, 6) is -0.240. The quantitative estimate of drug-likeness (QED) is 0.888. The molecule has 1 amide bonds. The number of pyridine rings is 1. The van der Waals surface area contributed by atoms with E-state index in [0.717, 1.165) is 10.2 Å². The maximum Gasteiger partial charge on any atom is 0.275 e. The van der Waals surface area contributed by atoms with Crippen LogP contribution in [-0.4, -0.2) is 10.9 Å². The number of hydrogen-bond acceptors (Lipinski definition) is 2. The van der Waals surface area contributed by atoms with E-state index in [1.54, 1.807) is 18.3 Å². The molecule has 0 atom stereocenters. The van der Waals surface area contributed by atoms with Crippen LogP contribution in [0.25, 0.3) is 0 Å². The number of hydrogen-bond donors (Lipinski definition) is 1. The molecule has 86 valence electrons. The predicted octanol–water partition coefficient (Wildman–Crippen LogP) is 3.86. The van der Waals surface area contributed by atoms with Crippen molar-refractivity contribution in [1.29, 1.82) is 0 Å². The van der Waals surface area contributed by atoms with E-state index in [2.05, 4.69) is 42.2 Å². The fourth-order valence-corrected chi connectivity index (χ4v) is 2.14. The Hall–Kier alpha value is -1.20. The molecule has 0 aliphatic carbocycles. The van der Waals surface area contributed by atoms with Crippen LogP contribution in [-0.2, 0) is 0 Å². The van der Waals surface area contributed by atoms with Crippen molar-refractivity contribution in [3.8, 4) is 0 Å². The van der Waals surface area contributed by atoms with Gasteiger partial charge >= 0.3 is 0 Å². The van der Waals surface area contributed by atoms with Crippen LogP contribution in [0.3, 0.4) is 0 Å². The third-order valence-electron chi connectivity index (χ3n) is 2.06. The monoisotopic (exact) mass is 354 g/mol. The van der Waals surface area contributed by atoms with Gasteiger partial charge in [0.1, 0.15) is 5.69 Å². The number of carbonyl (C=O) groups excluding carboxylic acids is 1. The van der Waals surface area contributed by atoms with Gasteiger partial charge in [-0.15, -0.1) is 0 Å². The van der Waals surface area contributed by atoms with Crippen molar-refractivity contribution in [3.63, 3.8) is 0 Å². The third-order valence-corrected chi connectivity index (χ3v) is 3.19. The summed E-state index contributed by atoms with van der Waals surface area (Å²) in [6.07, 6.45) is 1.58. The van der Waals surface area contributed by atoms with Crippen LogP contribution in [0.5, 0.6) is 0 Å². The van der Waals surface area contributed by atoms with Gasteiger partial charge in [-0.1, -0.05) is 22.0 Å². The molecule has 1 N–H and O–H groups in total. The molecule has 17 heavy (non-hydrogen) atoms. The number of nitrogens with zero attached hydrogens (tertiary/aromatic N) is 1. The predicted molar refractivity (Wildman–Crippen MR) is 74.0 cm³/mol. The first-order chi connectivity index (χ1) is 8.16. The second-order valence-corrected chi connectivity index (χ2v) is 5.07. The number of rotatable bonds is 2. The summed E-state index contributed by atoms with van der Waals surface area (Å²) in [6, 6.07) is 10.9. The Labute approximate surface area is 116 Å². The summed E-state index contributed by atoms with van der Waals surface area (Å²) < 4.78 is 1.59. The number of benzene rings is 1. The van der Waals surface area contributed by atoms with Gasteiger partial charge in [-0.3, -0.25) is 4.79 Å². The molecule has 0 fully saturated rings. The molecule has 2 aromatic rings. The normalized spacial score (nSPS) is 10.0. The van der Waals surface area contributed by atoms with Gasteiger partial charge in [-0.05, 0) is 46.3 Å². The highest BCUT2D eigenvalue weighted by Gasteiger charge is 2.10. The summed E-state index contributed by atoms with van der Waals surface area (Å²) in [4.78, 5) is 16.0. The Morgan fingerprint density at radius 2 is 2.00 bits per heavy atom. The molecule has 1 heterocycles. The molecule has 0 spiro atoms. The number of halogens is 2. The molecule has 0 saturated carbocycles. The molecule has 5 heteroatoms. The lowest BCUT2D eigenvalue weighted by molar-refractivity contribution is 0.102. The van der Waals surface area contributed by atoms with E-state index in [-0.39, 0.29) is 5.91 Å². The van der Waals surface area contributed by atoms with Gasteiger partial charge in [0, 0.05) is 20.8 Å². The van der Waals surface area contributed by atoms with Crippen molar-refractivity contribution in [2.24, 2.45) is 0 Å². The largest absolute Gasteiger partial charge is 0.321 e. The number of amides is 1. The first-order valence-corrected chi connectivity index (χ1v) is 6.43. The highest BCUT2D eigenvalue weighted by atomic mass is 79.9. The lowest BCUT2D eigenvalue weighted by Gasteiger charge is -2.06. The van der Waals surface area contributed by atoms with Crippen LogP contribution in [0, 0.1) is 0 Å². The zero-order chi connectivity index (χ0) is 12.3. The lowest BCUT2D eigenvalue weighted by Crippen LogP contribution is -2.14. The fourth-order valence-electron chi connectivity index (χ4n) is 1.31. The molecular formula is C12H8Br2N2O. The highest BCUT2D eigenvalue weighted by Crippen LogP contribution is 2.18. The van der Waals surface area contributed by atoms with Crippen LogP contribution in [0.15, 0.2) is 51.5 Å². The average Bonchev–Trinajstić information content (AvgIpc) is 2.29. The Bertz CT molecular complexity index is 558. The number of nitrogens with one attached hydrogen (secondary N) is 1. The molecule has 0 bridgehead atoms. The van der Waals surface area contributed by atoms with Crippen molar-refractivity contribution in [2.75, 3.05) is 5.32 Å². The molecule has 0 unspecified atom stereocenters. The van der Waals surface area contributed by atoms with Crippen molar-refractivity contribution in [3.05, 3.63) is 57.2 Å². The zero-order valence-corrected chi connectivity index (χ0v) is 11.8. The molecule has 0 aliphatic heterocycles. The van der Waals surface area contributed by atoms with E-state index >= 15 is 0 Å². The van der Waals surface area contributed by atoms with Crippen molar-refractivity contribution in [1.82, 2.24) is 4.98 Å². The van der Waals surface area contributed by atoms with E-state index in [9.17, 15) is 4.79 Å². The van der Waals surface area contributed by atoms with Gasteiger partial charge in [0.05, 0.1) is 0 Å². The molecule has 0 radical (unpaired) electrons. The standard InChI is InChI=1S/C12H8Br2N2O/c13-8-3-1-4-9(7-8)16-12(17)11-10(14)5-2-6-15-11/h1-7H,(H,16,17). The second kappa shape index (κ2) is 5.42. The van der Waals surface area contributed by atoms with Gasteiger partial charge < -0.3 is 5.32 Å². The molecular weight excluding hydrogens is 348 g/mol. The lowest BCUT2D eigenvalue weighted by atomic mass is 10.3. The molecule has 2 rings (SSSR count). The topological polar surface area (TPSA) is 42.0 Å². The molecule has 1 aromatic carbocycles. The summed E-state index contributed by atoms with van der Waals surface area (Å²) in [7, 11) is 0. The van der Waals surface area contributed by atoms with E-state index in [4.69, 9.17) is 0 Å². The minimum atomic E-state index is -0.240. The minimum absolute atomic E-state index is 0.240. The van der Waals surface area contributed by atoms with Crippen LogP contribution in [0.4, 0.5) is 5.69 Å². The summed E-state index contributed by atoms with van der Waals surface area (Å²) >= 11 is 6.64. The SMILES string of the molecule is O=C(Nc1cccc(Br)c1)c1ncccc1Br. The number of anilines is 1. The summed E-state index contributed by atoms with van der Waals surface area (Å²) in [6.45, 7) is 0. The van der Waals surface area contributed by atoms with Gasteiger partial charge in [0.2, 0.25) is 0 Å². The Balaban J connectivity index is 2.20. The maximum absolute atomic E-state index is 11.9. The van der Waals surface area contributed by atoms with Gasteiger partial charge in [-0.2, -0.15) is 0 Å². The second-order valence-electron chi connectivity index (χ2n) is 3.30. The Morgan fingerprint density at radius 1 is 1.18 bits per heavy atom. The van der Waals surface area contributed by atoms with Crippen molar-refractivity contribution >= 4 is 43.5 Å². The third kappa shape index (κ3) is 3.14. The van der Waals surface area contributed by atoms with Crippen LogP contribution >= 0.6 is 31.9 Å². The van der Waals surface area contributed by atoms with Gasteiger partial charge in [0.15, 0.2) is 0 Å². The average molecular weight is 356 g/mol. The van der Waals surface area contributed by atoms with Crippen LogP contribution in [0.1, 0.15) is 10.5 Å². The number of aromatic nitrogens is 1. The summed E-state index contributed by atoms with van der Waals surface area (Å²) in [5, 5.41) is 2.78. The van der Waals surface area contributed by atoms with E-state index in [0.29, 0.717) is 10.2 Å². The van der Waals surface area contributed by atoms with Crippen LogP contribution < -0.4 is 5.32 Å². The molecule has 0 saturated heterocycles. The zero-order valence-electron chi connectivity index (χ0n) is 8.65. The Kier molecular flexibility index (Phi) is 3.91. The highest BCUT2D eigenvalue weighted by molar-refractivity contribution is 9.10. The maximum atomic E-state index is 11.9. The van der Waals surface area contributed by atoms with E-state index in [1.165, 1.54) is 0 Å². The first-order valence-electron chi connectivity index (χ1n) is 4.84. The van der Waals surface area contributed by atoms with Gasteiger partial charge in [0.25, 0.3) is 5.91 Å². The summed E-state index contributed by atoms with van der Waals surface area (Å²) in [5.41, 5.74) is 1.09. The van der Waals surface area contributed by atoms with Crippen molar-refractivity contribution in [2.45, 2.75) is 0 Å². The molecule has 0 aliphatic rings. The van der Waals surface area contributed by atoms with Crippen LogP contribution in [0.2, 0.25) is 0 Å². The number of carbonyl (C=O) groups is 1. The van der Waals surface area contributed by atoms with Crippen molar-refractivity contribution < 1.29 is 4.79 Å². The Morgan fingerprint density at radius 3 is 2.71 bits per heavy atom. The van der Waals surface area contributed by atoms with E-state index in [1.807, 2.05) is 24.3 Å².